The second-order valence-electron chi connectivity index (χ2n) is 4.96. The summed E-state index contributed by atoms with van der Waals surface area (Å²) in [4.78, 5) is 0. The summed E-state index contributed by atoms with van der Waals surface area (Å²) >= 11 is -0.0546. The van der Waals surface area contributed by atoms with Crippen LogP contribution in [0.25, 0.3) is 0 Å². The van der Waals surface area contributed by atoms with E-state index < -0.39 is 8.07 Å². The van der Waals surface area contributed by atoms with Crippen molar-refractivity contribution in [3.8, 4) is 0 Å². The zero-order valence-corrected chi connectivity index (χ0v) is 14.9. The molecule has 0 fully saturated rings. The zero-order valence-electron chi connectivity index (χ0n) is 10.8. The van der Waals surface area contributed by atoms with Gasteiger partial charge < -0.3 is 24.8 Å². The van der Waals surface area contributed by atoms with Gasteiger partial charge in [0.2, 0.25) is 0 Å². The number of halogens is 2. The molecule has 0 aromatic rings. The summed E-state index contributed by atoms with van der Waals surface area (Å²) in [6.45, 7) is 8.87. The monoisotopic (exact) mass is 332 g/mol. The largest absolute Gasteiger partial charge is 1.00 e. The van der Waals surface area contributed by atoms with E-state index in [9.17, 15) is 0 Å². The van der Waals surface area contributed by atoms with Gasteiger partial charge in [-0.25, -0.2) is 0 Å². The van der Waals surface area contributed by atoms with Gasteiger partial charge in [-0.15, -0.1) is 0 Å². The predicted molar refractivity (Wildman–Crippen MR) is 70.5 cm³/mol. The van der Waals surface area contributed by atoms with Crippen molar-refractivity contribution >= 4 is 8.07 Å². The quantitative estimate of drug-likeness (QED) is 0.532. The van der Waals surface area contributed by atoms with Crippen LogP contribution in [0.1, 0.15) is 6.42 Å². The summed E-state index contributed by atoms with van der Waals surface area (Å²) in [5.74, 6) is 0. The average Bonchev–Trinajstić information content (AvgIpc) is 2.89. The SMILES string of the molecule is C=C[Si](C)(C)C1C=CC=[C]1[Ti+2][C]1=CC=CC1.[Cl-].[Cl-]. The first kappa shape index (κ1) is 18.2. The standard InChI is InChI=1S/C9H13Si.C5H5.2ClH.Ti/c1-4-10(2,3)9-7-5-6-8-9;1-2-4-5-3-1;;;/h4-7,9H,1H2,2-3H3;1-3H,4H2;2*1H;/q;;;;+2/p-2. The Hall–Kier alpha value is 0.211. The molecule has 0 aliphatic heterocycles. The van der Waals surface area contributed by atoms with Crippen LogP contribution in [0.5, 0.6) is 0 Å². The normalized spacial score (nSPS) is 20.4. The van der Waals surface area contributed by atoms with E-state index in [1.54, 1.807) is 7.76 Å². The first-order chi connectivity index (χ1) is 7.63. The van der Waals surface area contributed by atoms with Gasteiger partial charge in [0.15, 0.2) is 0 Å². The van der Waals surface area contributed by atoms with E-state index in [1.165, 1.54) is 6.42 Å². The van der Waals surface area contributed by atoms with Gasteiger partial charge in [-0.3, -0.25) is 0 Å². The smallest absolute Gasteiger partial charge is 1.00 e. The Kier molecular flexibility index (Phi) is 7.81. The van der Waals surface area contributed by atoms with E-state index in [0.717, 1.165) is 0 Å². The molecule has 2 aliphatic carbocycles. The minimum absolute atomic E-state index is 0. The molecule has 18 heavy (non-hydrogen) atoms. The number of hydrogen-bond acceptors (Lipinski definition) is 0. The van der Waals surface area contributed by atoms with Crippen LogP contribution in [0.2, 0.25) is 18.6 Å². The molecule has 0 spiro atoms. The fourth-order valence-corrected chi connectivity index (χ4v) is 7.77. The van der Waals surface area contributed by atoms with Crippen molar-refractivity contribution in [2.45, 2.75) is 25.1 Å². The third kappa shape index (κ3) is 4.11. The minimum atomic E-state index is -1.29. The average molecular weight is 333 g/mol. The van der Waals surface area contributed by atoms with Crippen molar-refractivity contribution in [2.75, 3.05) is 0 Å². The van der Waals surface area contributed by atoms with Crippen molar-refractivity contribution in [1.82, 2.24) is 0 Å². The van der Waals surface area contributed by atoms with Crippen molar-refractivity contribution in [3.05, 3.63) is 56.5 Å². The van der Waals surface area contributed by atoms with E-state index in [2.05, 4.69) is 61.8 Å². The summed E-state index contributed by atoms with van der Waals surface area (Å²) < 4.78 is 3.39. The van der Waals surface area contributed by atoms with Crippen LogP contribution in [-0.4, -0.2) is 8.07 Å². The fourth-order valence-electron chi connectivity index (χ4n) is 2.10. The maximum atomic E-state index is 4.03. The Bertz CT molecular complexity index is 420. The Morgan fingerprint density at radius 2 is 2.00 bits per heavy atom. The molecule has 2 aliphatic rings. The van der Waals surface area contributed by atoms with Crippen molar-refractivity contribution in [1.29, 1.82) is 0 Å². The fraction of sp³-hybridized carbons (Fsp3) is 0.286. The Balaban J connectivity index is 0.00000144. The molecule has 96 valence electrons. The van der Waals surface area contributed by atoms with E-state index in [0.29, 0.717) is 5.54 Å². The zero-order chi connectivity index (χ0) is 11.6. The molecule has 0 saturated carbocycles. The first-order valence-corrected chi connectivity index (χ1v) is 10.5. The van der Waals surface area contributed by atoms with Gasteiger partial charge in [0.1, 0.15) is 0 Å². The number of hydrogen-bond donors (Lipinski definition) is 0. The van der Waals surface area contributed by atoms with Crippen LogP contribution < -0.4 is 24.8 Å². The predicted octanol–water partition coefficient (Wildman–Crippen LogP) is -1.82. The number of rotatable bonds is 4. The molecule has 0 heterocycles. The topological polar surface area (TPSA) is 0 Å². The van der Waals surface area contributed by atoms with E-state index in [4.69, 9.17) is 0 Å². The van der Waals surface area contributed by atoms with Crippen LogP contribution in [0, 0.1) is 0 Å². The van der Waals surface area contributed by atoms with Gasteiger partial charge in [0, 0.05) is 0 Å². The first-order valence-electron chi connectivity index (χ1n) is 5.78. The molecule has 1 atom stereocenters. The Morgan fingerprint density at radius 3 is 2.56 bits per heavy atom. The van der Waals surface area contributed by atoms with Crippen molar-refractivity contribution in [2.24, 2.45) is 0 Å². The van der Waals surface area contributed by atoms with Crippen molar-refractivity contribution in [3.63, 3.8) is 0 Å². The van der Waals surface area contributed by atoms with Gasteiger partial charge in [-0.05, 0) is 0 Å². The second kappa shape index (κ2) is 7.72. The summed E-state index contributed by atoms with van der Waals surface area (Å²) in [6.07, 6.45) is 15.0. The molecule has 0 amide bonds. The molecule has 0 saturated heterocycles. The van der Waals surface area contributed by atoms with Gasteiger partial charge >= 0.3 is 109 Å². The molecule has 0 aromatic carbocycles. The van der Waals surface area contributed by atoms with E-state index in [1.807, 2.05) is 0 Å². The molecular weight excluding hydrogens is 315 g/mol. The van der Waals surface area contributed by atoms with Crippen LogP contribution in [0.15, 0.2) is 56.5 Å². The minimum Gasteiger partial charge on any atom is -1.00 e. The van der Waals surface area contributed by atoms with Gasteiger partial charge in [-0.1, -0.05) is 0 Å². The van der Waals surface area contributed by atoms with Crippen LogP contribution in [0.4, 0.5) is 0 Å². The third-order valence-electron chi connectivity index (χ3n) is 3.32. The second-order valence-corrected chi connectivity index (χ2v) is 11.9. The summed E-state index contributed by atoms with van der Waals surface area (Å²) in [7, 11) is -1.29. The van der Waals surface area contributed by atoms with Gasteiger partial charge in [-0.2, -0.15) is 0 Å². The Labute approximate surface area is 133 Å². The summed E-state index contributed by atoms with van der Waals surface area (Å²) in [5, 5.41) is 0. The molecule has 0 bridgehead atoms. The van der Waals surface area contributed by atoms with E-state index >= 15 is 0 Å². The maximum absolute atomic E-state index is 4.03. The van der Waals surface area contributed by atoms with Crippen LogP contribution in [-0.2, 0) is 19.2 Å². The maximum Gasteiger partial charge on any atom is -1.00 e. The third-order valence-corrected chi connectivity index (χ3v) is 9.20. The van der Waals surface area contributed by atoms with Crippen LogP contribution in [0.3, 0.4) is 0 Å². The van der Waals surface area contributed by atoms with Crippen LogP contribution >= 0.6 is 0 Å². The molecular formula is C14H18Cl2SiTi. The molecule has 0 nitrogen and oxygen atoms in total. The number of allylic oxidation sites excluding steroid dienone is 8. The molecule has 4 heteroatoms. The molecule has 0 aromatic heterocycles. The summed E-state index contributed by atoms with van der Waals surface area (Å²) in [5.41, 5.74) is 2.95. The molecule has 0 radical (unpaired) electrons. The van der Waals surface area contributed by atoms with Gasteiger partial charge in [0.25, 0.3) is 0 Å². The molecule has 0 N–H and O–H groups in total. The molecule has 1 unspecified atom stereocenters. The molecule has 2 rings (SSSR count). The van der Waals surface area contributed by atoms with Gasteiger partial charge in [0.05, 0.1) is 0 Å². The Morgan fingerprint density at radius 1 is 1.28 bits per heavy atom. The van der Waals surface area contributed by atoms with E-state index in [-0.39, 0.29) is 44.0 Å². The summed E-state index contributed by atoms with van der Waals surface area (Å²) in [6, 6.07) is 0. The van der Waals surface area contributed by atoms with Crippen molar-refractivity contribution < 1.29 is 44.0 Å².